The SMILES string of the molecule is COC(=O)c1sc(N2C(=O)C(=O)C(=C(O)c3cc(C)ccc3C)C2c2cccs2)nc1C. The molecule has 32 heavy (non-hydrogen) atoms. The van der Waals surface area contributed by atoms with Gasteiger partial charge in [0.15, 0.2) is 5.13 Å². The lowest BCUT2D eigenvalue weighted by Gasteiger charge is -2.21. The molecule has 4 rings (SSSR count). The Morgan fingerprint density at radius 2 is 1.94 bits per heavy atom. The maximum Gasteiger partial charge on any atom is 0.350 e. The van der Waals surface area contributed by atoms with Gasteiger partial charge in [-0.2, -0.15) is 0 Å². The number of hydrogen-bond acceptors (Lipinski definition) is 8. The summed E-state index contributed by atoms with van der Waals surface area (Å²) < 4.78 is 4.80. The fourth-order valence-electron chi connectivity index (χ4n) is 3.65. The fourth-order valence-corrected chi connectivity index (χ4v) is 5.48. The quantitative estimate of drug-likeness (QED) is 0.261. The van der Waals surface area contributed by atoms with Crippen LogP contribution in [0.15, 0.2) is 41.3 Å². The smallest absolute Gasteiger partial charge is 0.350 e. The van der Waals surface area contributed by atoms with Gasteiger partial charge in [-0.3, -0.25) is 14.5 Å². The average molecular weight is 469 g/mol. The number of nitrogens with zero attached hydrogens (tertiary/aromatic N) is 2. The number of methoxy groups -OCH3 is 1. The molecular formula is C23H20N2O5S2. The molecule has 9 heteroatoms. The zero-order valence-corrected chi connectivity index (χ0v) is 19.5. The van der Waals surface area contributed by atoms with Crippen molar-refractivity contribution < 1.29 is 24.2 Å². The predicted octanol–water partition coefficient (Wildman–Crippen LogP) is 4.54. The van der Waals surface area contributed by atoms with Crippen LogP contribution in [0.3, 0.4) is 0 Å². The highest BCUT2D eigenvalue weighted by Crippen LogP contribution is 2.45. The van der Waals surface area contributed by atoms with Crippen molar-refractivity contribution in [3.05, 3.63) is 73.4 Å². The van der Waals surface area contributed by atoms with Crippen molar-refractivity contribution in [2.24, 2.45) is 0 Å². The van der Waals surface area contributed by atoms with Crippen molar-refractivity contribution in [2.45, 2.75) is 26.8 Å². The second-order valence-corrected chi connectivity index (χ2v) is 9.36. The molecule has 3 heterocycles. The zero-order chi connectivity index (χ0) is 23.2. The number of thiazole rings is 1. The minimum Gasteiger partial charge on any atom is -0.507 e. The van der Waals surface area contributed by atoms with Gasteiger partial charge in [-0.25, -0.2) is 9.78 Å². The summed E-state index contributed by atoms with van der Waals surface area (Å²) in [5.74, 6) is -2.40. The lowest BCUT2D eigenvalue weighted by atomic mass is 9.96. The standard InChI is InChI=1S/C23H20N2O5S2/c1-11-7-8-12(2)14(10-11)18(26)16-17(15-6-5-9-31-15)25(21(28)19(16)27)23-24-13(3)20(32-23)22(29)30-4/h5-10,17,26H,1-4H3. The highest BCUT2D eigenvalue weighted by molar-refractivity contribution is 7.18. The Bertz CT molecular complexity index is 1270. The van der Waals surface area contributed by atoms with Crippen LogP contribution in [0, 0.1) is 20.8 Å². The number of aliphatic hydroxyl groups is 1. The minimum atomic E-state index is -0.856. The van der Waals surface area contributed by atoms with Crippen LogP contribution in [0.4, 0.5) is 5.13 Å². The molecule has 1 unspecified atom stereocenters. The van der Waals surface area contributed by atoms with E-state index in [1.807, 2.05) is 37.4 Å². The van der Waals surface area contributed by atoms with E-state index in [9.17, 15) is 19.5 Å². The van der Waals surface area contributed by atoms with Gasteiger partial charge in [-0.15, -0.1) is 11.3 Å². The first-order valence-corrected chi connectivity index (χ1v) is 11.4. The first kappa shape index (κ1) is 21.9. The van der Waals surface area contributed by atoms with Crippen molar-refractivity contribution in [1.29, 1.82) is 0 Å². The number of rotatable bonds is 4. The zero-order valence-electron chi connectivity index (χ0n) is 17.8. The Morgan fingerprint density at radius 1 is 1.19 bits per heavy atom. The van der Waals surface area contributed by atoms with E-state index < -0.39 is 23.7 Å². The van der Waals surface area contributed by atoms with E-state index in [0.29, 0.717) is 16.1 Å². The third kappa shape index (κ3) is 3.53. The van der Waals surface area contributed by atoms with E-state index in [1.54, 1.807) is 19.1 Å². The van der Waals surface area contributed by atoms with Gasteiger partial charge < -0.3 is 9.84 Å². The number of esters is 1. The number of carbonyl (C=O) groups is 3. The monoisotopic (exact) mass is 468 g/mol. The van der Waals surface area contributed by atoms with Gasteiger partial charge in [0.2, 0.25) is 0 Å². The number of amides is 1. The van der Waals surface area contributed by atoms with E-state index in [2.05, 4.69) is 4.98 Å². The molecule has 1 atom stereocenters. The maximum absolute atomic E-state index is 13.2. The molecule has 1 aromatic carbocycles. The van der Waals surface area contributed by atoms with E-state index in [0.717, 1.165) is 22.5 Å². The molecule has 2 aromatic heterocycles. The van der Waals surface area contributed by atoms with Crippen LogP contribution < -0.4 is 4.90 Å². The van der Waals surface area contributed by atoms with Crippen molar-refractivity contribution >= 4 is 51.2 Å². The van der Waals surface area contributed by atoms with Crippen LogP contribution in [-0.2, 0) is 14.3 Å². The van der Waals surface area contributed by atoms with Gasteiger partial charge in [0.25, 0.3) is 5.78 Å². The second kappa shape index (κ2) is 8.33. The lowest BCUT2D eigenvalue weighted by Crippen LogP contribution is -2.29. The topological polar surface area (TPSA) is 96.8 Å². The van der Waals surface area contributed by atoms with Crippen molar-refractivity contribution in [3.63, 3.8) is 0 Å². The van der Waals surface area contributed by atoms with Gasteiger partial charge in [-0.1, -0.05) is 35.1 Å². The minimum absolute atomic E-state index is 0.00128. The molecule has 0 spiro atoms. The third-order valence-electron chi connectivity index (χ3n) is 5.27. The van der Waals surface area contributed by atoms with E-state index in [-0.39, 0.29) is 21.3 Å². The highest BCUT2D eigenvalue weighted by Gasteiger charge is 2.49. The second-order valence-electron chi connectivity index (χ2n) is 7.41. The number of ether oxygens (including phenoxy) is 1. The Kier molecular flexibility index (Phi) is 5.70. The predicted molar refractivity (Wildman–Crippen MR) is 123 cm³/mol. The first-order chi connectivity index (χ1) is 15.2. The Labute approximate surface area is 192 Å². The molecule has 0 radical (unpaired) electrons. The molecule has 0 saturated carbocycles. The van der Waals surface area contributed by atoms with Gasteiger partial charge in [0.05, 0.1) is 18.4 Å². The number of ketones is 1. The molecule has 1 aliphatic heterocycles. The fraction of sp³-hybridized carbons (Fsp3) is 0.217. The number of aromatic nitrogens is 1. The van der Waals surface area contributed by atoms with Crippen LogP contribution >= 0.6 is 22.7 Å². The molecule has 1 fully saturated rings. The van der Waals surface area contributed by atoms with E-state index in [1.165, 1.54) is 23.3 Å². The maximum atomic E-state index is 13.2. The molecule has 1 aliphatic rings. The van der Waals surface area contributed by atoms with Gasteiger partial charge in [0, 0.05) is 10.4 Å². The molecular weight excluding hydrogens is 448 g/mol. The molecule has 1 saturated heterocycles. The Hall–Kier alpha value is -3.30. The number of Topliss-reactive ketones (excluding diaryl/α,β-unsaturated/α-hetero) is 1. The van der Waals surface area contributed by atoms with Gasteiger partial charge >= 0.3 is 11.9 Å². The van der Waals surface area contributed by atoms with Crippen LogP contribution in [0.2, 0.25) is 0 Å². The van der Waals surface area contributed by atoms with Crippen LogP contribution in [0.5, 0.6) is 0 Å². The molecule has 164 valence electrons. The number of hydrogen-bond donors (Lipinski definition) is 1. The number of aryl methyl sites for hydroxylation is 3. The summed E-state index contributed by atoms with van der Waals surface area (Å²) in [4.78, 5) is 45.0. The van der Waals surface area contributed by atoms with Crippen LogP contribution in [-0.4, -0.2) is 34.9 Å². The van der Waals surface area contributed by atoms with E-state index >= 15 is 0 Å². The lowest BCUT2D eigenvalue weighted by molar-refractivity contribution is -0.132. The van der Waals surface area contributed by atoms with Crippen molar-refractivity contribution in [1.82, 2.24) is 4.98 Å². The third-order valence-corrected chi connectivity index (χ3v) is 7.33. The summed E-state index contributed by atoms with van der Waals surface area (Å²) in [7, 11) is 1.27. The summed E-state index contributed by atoms with van der Waals surface area (Å²) in [5.41, 5.74) is 2.59. The average Bonchev–Trinajstić information content (AvgIpc) is 3.48. The number of anilines is 1. The number of thiophene rings is 1. The molecule has 1 N–H and O–H groups in total. The van der Waals surface area contributed by atoms with Crippen molar-refractivity contribution in [2.75, 3.05) is 12.0 Å². The van der Waals surface area contributed by atoms with Gasteiger partial charge in [-0.05, 0) is 43.8 Å². The molecule has 3 aromatic rings. The molecule has 0 bridgehead atoms. The summed E-state index contributed by atoms with van der Waals surface area (Å²) >= 11 is 2.34. The first-order valence-electron chi connectivity index (χ1n) is 9.72. The largest absolute Gasteiger partial charge is 0.507 e. The molecule has 0 aliphatic carbocycles. The Balaban J connectivity index is 1.94. The molecule has 7 nitrogen and oxygen atoms in total. The van der Waals surface area contributed by atoms with Gasteiger partial charge in [0.1, 0.15) is 16.7 Å². The van der Waals surface area contributed by atoms with Crippen LogP contribution in [0.25, 0.3) is 5.76 Å². The van der Waals surface area contributed by atoms with Crippen LogP contribution in [0.1, 0.15) is 43.0 Å². The van der Waals surface area contributed by atoms with Crippen molar-refractivity contribution in [3.8, 4) is 0 Å². The molecule has 1 amide bonds. The summed E-state index contributed by atoms with van der Waals surface area (Å²) in [5, 5.41) is 13.3. The number of carbonyl (C=O) groups excluding carboxylic acids is 3. The number of benzene rings is 1. The summed E-state index contributed by atoms with van der Waals surface area (Å²) in [6.07, 6.45) is 0. The Morgan fingerprint density at radius 3 is 2.59 bits per heavy atom. The normalized spacial score (nSPS) is 17.8. The van der Waals surface area contributed by atoms with E-state index in [4.69, 9.17) is 4.74 Å². The highest BCUT2D eigenvalue weighted by atomic mass is 32.1. The number of aliphatic hydroxyl groups excluding tert-OH is 1. The summed E-state index contributed by atoms with van der Waals surface area (Å²) in [6.45, 7) is 5.36. The summed E-state index contributed by atoms with van der Waals surface area (Å²) in [6, 6.07) is 8.30.